The van der Waals surface area contributed by atoms with Crippen molar-refractivity contribution in [1.82, 2.24) is 4.90 Å². The van der Waals surface area contributed by atoms with Crippen molar-refractivity contribution in [1.29, 1.82) is 0 Å². The third-order valence-corrected chi connectivity index (χ3v) is 7.81. The number of amides is 2. The van der Waals surface area contributed by atoms with Crippen LogP contribution in [0.2, 0.25) is 19.6 Å². The lowest BCUT2D eigenvalue weighted by Crippen LogP contribution is -2.44. The highest BCUT2D eigenvalue weighted by molar-refractivity contribution is 7.59. The van der Waals surface area contributed by atoms with Gasteiger partial charge in [-0.25, -0.2) is 0 Å². The summed E-state index contributed by atoms with van der Waals surface area (Å²) in [6.07, 6.45) is 0.102. The lowest BCUT2D eigenvalue weighted by atomic mass is 10.1. The van der Waals surface area contributed by atoms with Crippen molar-refractivity contribution in [3.63, 3.8) is 0 Å². The fourth-order valence-electron chi connectivity index (χ4n) is 3.06. The van der Waals surface area contributed by atoms with Gasteiger partial charge in [0, 0.05) is 6.16 Å². The third kappa shape index (κ3) is 4.91. The Labute approximate surface area is 156 Å². The molecule has 2 amide bonds. The van der Waals surface area contributed by atoms with Gasteiger partial charge >= 0.3 is 0 Å². The summed E-state index contributed by atoms with van der Waals surface area (Å²) in [5.41, 5.74) is 0.820. The molecule has 144 valence electrons. The topological polar surface area (TPSA) is 72.9 Å². The van der Waals surface area contributed by atoms with Crippen molar-refractivity contribution < 1.29 is 23.1 Å². The Morgan fingerprint density at radius 1 is 1.08 bits per heavy atom. The van der Waals surface area contributed by atoms with E-state index in [1.807, 2.05) is 26.6 Å². The van der Waals surface area contributed by atoms with Crippen molar-refractivity contribution in [3.05, 3.63) is 35.4 Å². The van der Waals surface area contributed by atoms with Crippen LogP contribution in [-0.2, 0) is 13.5 Å². The van der Waals surface area contributed by atoms with Crippen molar-refractivity contribution >= 4 is 27.5 Å². The summed E-state index contributed by atoms with van der Waals surface area (Å²) in [6, 6.07) is 6.79. The van der Waals surface area contributed by atoms with Crippen molar-refractivity contribution in [2.75, 3.05) is 25.5 Å². The van der Waals surface area contributed by atoms with E-state index in [2.05, 4.69) is 0 Å². The molecule has 1 aliphatic heterocycles. The second-order valence-electron chi connectivity index (χ2n) is 7.35. The number of fused-ring (bicyclic) bond motifs is 1. The van der Waals surface area contributed by atoms with Gasteiger partial charge in [-0.1, -0.05) is 19.1 Å². The maximum absolute atomic E-state index is 13.0. The zero-order valence-electron chi connectivity index (χ0n) is 16.2. The molecule has 1 aromatic carbocycles. The smallest absolute Gasteiger partial charge is 0.261 e. The van der Waals surface area contributed by atoms with E-state index in [0.29, 0.717) is 23.9 Å². The number of hydrogen-bond acceptors (Lipinski definition) is 5. The van der Waals surface area contributed by atoms with E-state index in [0.717, 1.165) is 0 Å². The summed E-state index contributed by atoms with van der Waals surface area (Å²) >= 11 is 0. The highest BCUT2D eigenvalue weighted by Crippen LogP contribution is 2.47. The van der Waals surface area contributed by atoms with Crippen LogP contribution in [0.15, 0.2) is 24.3 Å². The predicted octanol–water partition coefficient (Wildman–Crippen LogP) is 3.84. The summed E-state index contributed by atoms with van der Waals surface area (Å²) in [6.45, 7) is 10.2. The Morgan fingerprint density at radius 2 is 1.62 bits per heavy atom. The molecule has 6 nitrogen and oxygen atoms in total. The quantitative estimate of drug-likeness (QED) is 0.360. The van der Waals surface area contributed by atoms with Gasteiger partial charge < -0.3 is 8.95 Å². The molecule has 0 fully saturated rings. The van der Waals surface area contributed by atoms with E-state index < -0.39 is 21.8 Å². The molecule has 2 rings (SSSR count). The molecule has 0 N–H and O–H groups in total. The number of carbonyl (C=O) groups is 2. The Hall–Kier alpha value is -1.27. The predicted molar refractivity (Wildman–Crippen MR) is 105 cm³/mol. The summed E-state index contributed by atoms with van der Waals surface area (Å²) in [5, 5.41) is 0. The number of benzene rings is 1. The molecule has 0 aromatic heterocycles. The normalized spacial score (nSPS) is 18.0. The summed E-state index contributed by atoms with van der Waals surface area (Å²) in [7, 11) is -4.84. The number of carbonyl (C=O) groups excluding carboxylic acids is 2. The number of hydrogen-bond donors (Lipinski definition) is 0. The molecule has 0 bridgehead atoms. The molecular formula is C18H28NO5PSi. The van der Waals surface area contributed by atoms with Crippen LogP contribution in [0.1, 0.15) is 34.6 Å². The molecule has 0 saturated carbocycles. The molecular weight excluding hydrogens is 369 g/mol. The second kappa shape index (κ2) is 8.17. The Balaban J connectivity index is 2.23. The first kappa shape index (κ1) is 21.0. The molecule has 0 radical (unpaired) electrons. The van der Waals surface area contributed by atoms with Crippen LogP contribution < -0.4 is 0 Å². The van der Waals surface area contributed by atoms with Gasteiger partial charge in [0.05, 0.1) is 36.5 Å². The van der Waals surface area contributed by atoms with Crippen molar-refractivity contribution in [3.8, 4) is 0 Å². The fraction of sp³-hybridized carbons (Fsp3) is 0.556. The summed E-state index contributed by atoms with van der Waals surface area (Å²) < 4.78 is 24.6. The lowest BCUT2D eigenvalue weighted by Gasteiger charge is -2.31. The van der Waals surface area contributed by atoms with Gasteiger partial charge in [-0.3, -0.25) is 19.1 Å². The first-order valence-corrected chi connectivity index (χ1v) is 14.4. The van der Waals surface area contributed by atoms with Crippen LogP contribution in [0.4, 0.5) is 0 Å². The Bertz CT molecular complexity index is 696. The first-order chi connectivity index (χ1) is 12.1. The van der Waals surface area contributed by atoms with Gasteiger partial charge in [0.25, 0.3) is 11.8 Å². The zero-order chi connectivity index (χ0) is 19.5. The van der Waals surface area contributed by atoms with E-state index in [9.17, 15) is 14.2 Å². The second-order valence-corrected chi connectivity index (χ2v) is 14.7. The fourth-order valence-corrected chi connectivity index (χ4v) is 6.18. The minimum Gasteiger partial charge on any atom is -0.412 e. The van der Waals surface area contributed by atoms with Gasteiger partial charge in [0.15, 0.2) is 8.32 Å². The zero-order valence-corrected chi connectivity index (χ0v) is 18.0. The van der Waals surface area contributed by atoms with Gasteiger partial charge in [0.2, 0.25) is 7.37 Å². The largest absolute Gasteiger partial charge is 0.412 e. The Kier molecular flexibility index (Phi) is 6.61. The lowest BCUT2D eigenvalue weighted by molar-refractivity contribution is 0.0578. The van der Waals surface area contributed by atoms with Crippen LogP contribution in [0.5, 0.6) is 0 Å². The highest BCUT2D eigenvalue weighted by Gasteiger charge is 2.39. The third-order valence-electron chi connectivity index (χ3n) is 4.11. The van der Waals surface area contributed by atoms with Crippen LogP contribution in [-0.4, -0.2) is 56.6 Å². The molecule has 1 heterocycles. The number of nitrogens with zero attached hydrogens (tertiary/aromatic N) is 1. The van der Waals surface area contributed by atoms with E-state index in [1.165, 1.54) is 4.90 Å². The maximum Gasteiger partial charge on any atom is 0.261 e. The number of imide groups is 1. The van der Waals surface area contributed by atoms with E-state index in [-0.39, 0.29) is 24.5 Å². The van der Waals surface area contributed by atoms with Crippen LogP contribution in [0.3, 0.4) is 0 Å². The summed E-state index contributed by atoms with van der Waals surface area (Å²) in [5.74, 6) is -0.643. The molecule has 8 heteroatoms. The average molecular weight is 397 g/mol. The van der Waals surface area contributed by atoms with Crippen LogP contribution in [0, 0.1) is 0 Å². The molecule has 0 saturated heterocycles. The first-order valence-electron chi connectivity index (χ1n) is 8.96. The molecule has 1 aromatic rings. The van der Waals surface area contributed by atoms with E-state index >= 15 is 0 Å². The SMILES string of the molecule is CCOP(=O)(CC)CC(CN1C(=O)c2ccccc2C1=O)O[Si](C)(C)C. The average Bonchev–Trinajstić information content (AvgIpc) is 2.79. The maximum atomic E-state index is 13.0. The van der Waals surface area contributed by atoms with E-state index in [1.54, 1.807) is 31.2 Å². The molecule has 2 atom stereocenters. The van der Waals surface area contributed by atoms with Crippen molar-refractivity contribution in [2.24, 2.45) is 0 Å². The highest BCUT2D eigenvalue weighted by atomic mass is 31.2. The Morgan fingerprint density at radius 3 is 2.04 bits per heavy atom. The van der Waals surface area contributed by atoms with Crippen LogP contribution >= 0.6 is 7.37 Å². The van der Waals surface area contributed by atoms with Crippen molar-refractivity contribution in [2.45, 2.75) is 39.6 Å². The standard InChI is InChI=1S/C18H28NO5PSi/c1-6-23-25(22,7-2)13-14(24-26(3,4)5)12-19-17(20)15-10-8-9-11-16(15)18(19)21/h8-11,14H,6-7,12-13H2,1-5H3. The van der Waals surface area contributed by atoms with Gasteiger partial charge in [-0.2, -0.15) is 0 Å². The van der Waals surface area contributed by atoms with Gasteiger partial charge in [-0.15, -0.1) is 0 Å². The minimum absolute atomic E-state index is 0.0910. The molecule has 26 heavy (non-hydrogen) atoms. The monoisotopic (exact) mass is 397 g/mol. The molecule has 0 aliphatic carbocycles. The summed E-state index contributed by atoms with van der Waals surface area (Å²) in [4.78, 5) is 26.5. The minimum atomic E-state index is -2.86. The number of rotatable bonds is 9. The molecule has 2 unspecified atom stereocenters. The van der Waals surface area contributed by atoms with E-state index in [4.69, 9.17) is 8.95 Å². The molecule has 1 aliphatic rings. The molecule has 0 spiro atoms. The van der Waals surface area contributed by atoms with Gasteiger partial charge in [0.1, 0.15) is 0 Å². The van der Waals surface area contributed by atoms with Gasteiger partial charge in [-0.05, 0) is 38.7 Å². The van der Waals surface area contributed by atoms with Crippen LogP contribution in [0.25, 0.3) is 0 Å².